The van der Waals surface area contributed by atoms with Gasteiger partial charge in [0.25, 0.3) is 5.56 Å². The van der Waals surface area contributed by atoms with E-state index in [1.54, 1.807) is 7.11 Å². The minimum atomic E-state index is -0.569. The highest BCUT2D eigenvalue weighted by Crippen LogP contribution is 2.45. The summed E-state index contributed by atoms with van der Waals surface area (Å²) in [5, 5.41) is 10.2. The molecule has 8 nitrogen and oxygen atoms in total. The third-order valence-corrected chi connectivity index (χ3v) is 4.24. The van der Waals surface area contributed by atoms with Crippen molar-refractivity contribution >= 4 is 11.6 Å². The Morgan fingerprint density at radius 3 is 2.71 bits per heavy atom. The van der Waals surface area contributed by atoms with Crippen molar-refractivity contribution in [1.29, 1.82) is 0 Å². The fraction of sp³-hybridized carbons (Fsp3) is 0.188. The molecule has 1 aliphatic heterocycles. The van der Waals surface area contributed by atoms with Crippen molar-refractivity contribution in [2.45, 2.75) is 12.8 Å². The number of nitrogens with one attached hydrogen (secondary N) is 4. The van der Waals surface area contributed by atoms with Crippen LogP contribution >= 0.6 is 0 Å². The minimum Gasteiger partial charge on any atom is -0.496 e. The SMILES string of the molecule is COc1ccccc1[C@H]1c2c(n[nH]c2C)Nc2[nH]c(=O)[nH]c(=O)c21. The monoisotopic (exact) mass is 325 g/mol. The molecule has 0 spiro atoms. The third-order valence-electron chi connectivity index (χ3n) is 4.24. The van der Waals surface area contributed by atoms with Gasteiger partial charge in [0.1, 0.15) is 11.6 Å². The van der Waals surface area contributed by atoms with E-state index in [9.17, 15) is 9.59 Å². The maximum atomic E-state index is 12.5. The van der Waals surface area contributed by atoms with E-state index < -0.39 is 17.2 Å². The van der Waals surface area contributed by atoms with E-state index in [1.807, 2.05) is 31.2 Å². The lowest BCUT2D eigenvalue weighted by molar-refractivity contribution is 0.409. The van der Waals surface area contributed by atoms with Crippen LogP contribution in [0.15, 0.2) is 33.9 Å². The van der Waals surface area contributed by atoms with Gasteiger partial charge in [0.15, 0.2) is 5.82 Å². The van der Waals surface area contributed by atoms with Crippen LogP contribution in [0, 0.1) is 6.92 Å². The molecular weight excluding hydrogens is 310 g/mol. The Morgan fingerprint density at radius 1 is 1.12 bits per heavy atom. The molecular formula is C16H15N5O3. The van der Waals surface area contributed by atoms with Crippen LogP contribution in [0.2, 0.25) is 0 Å². The number of aryl methyl sites for hydroxylation is 1. The van der Waals surface area contributed by atoms with Crippen LogP contribution in [0.1, 0.15) is 28.3 Å². The number of fused-ring (bicyclic) bond motifs is 2. The minimum absolute atomic E-state index is 0.346. The van der Waals surface area contributed by atoms with Gasteiger partial charge in [-0.3, -0.25) is 19.9 Å². The average molecular weight is 325 g/mol. The molecule has 3 aromatic rings. The average Bonchev–Trinajstić information content (AvgIpc) is 2.93. The maximum Gasteiger partial charge on any atom is 0.327 e. The molecule has 1 aliphatic rings. The first-order valence-corrected chi connectivity index (χ1v) is 7.41. The van der Waals surface area contributed by atoms with E-state index in [-0.39, 0.29) is 0 Å². The van der Waals surface area contributed by atoms with E-state index in [2.05, 4.69) is 25.5 Å². The zero-order chi connectivity index (χ0) is 16.8. The van der Waals surface area contributed by atoms with Gasteiger partial charge in [-0.2, -0.15) is 5.10 Å². The number of anilines is 2. The summed E-state index contributed by atoms with van der Waals surface area (Å²) < 4.78 is 5.47. The number of aromatic nitrogens is 4. The summed E-state index contributed by atoms with van der Waals surface area (Å²) in [5.41, 5.74) is 1.93. The van der Waals surface area contributed by atoms with E-state index in [1.165, 1.54) is 0 Å². The first-order valence-electron chi connectivity index (χ1n) is 7.41. The smallest absolute Gasteiger partial charge is 0.327 e. The topological polar surface area (TPSA) is 116 Å². The molecule has 4 N–H and O–H groups in total. The highest BCUT2D eigenvalue weighted by Gasteiger charge is 2.35. The molecule has 0 radical (unpaired) electrons. The molecule has 0 fully saturated rings. The summed E-state index contributed by atoms with van der Waals surface area (Å²) >= 11 is 0. The van der Waals surface area contributed by atoms with Crippen molar-refractivity contribution in [2.24, 2.45) is 0 Å². The van der Waals surface area contributed by atoms with Crippen LogP contribution in [-0.2, 0) is 0 Å². The molecule has 8 heteroatoms. The highest BCUT2D eigenvalue weighted by atomic mass is 16.5. The molecule has 0 saturated heterocycles. The van der Waals surface area contributed by atoms with Gasteiger partial charge in [-0.25, -0.2) is 4.79 Å². The van der Waals surface area contributed by atoms with Gasteiger partial charge in [0.05, 0.1) is 18.6 Å². The van der Waals surface area contributed by atoms with Crippen molar-refractivity contribution in [3.63, 3.8) is 0 Å². The molecule has 4 rings (SSSR count). The Kier molecular flexibility index (Phi) is 3.05. The number of aromatic amines is 3. The van der Waals surface area contributed by atoms with Crippen molar-refractivity contribution in [2.75, 3.05) is 12.4 Å². The van der Waals surface area contributed by atoms with Crippen molar-refractivity contribution in [3.8, 4) is 5.75 Å². The number of methoxy groups -OCH3 is 1. The van der Waals surface area contributed by atoms with Gasteiger partial charge in [0.2, 0.25) is 0 Å². The molecule has 0 saturated carbocycles. The number of hydrogen-bond acceptors (Lipinski definition) is 5. The Bertz CT molecular complexity index is 1050. The van der Waals surface area contributed by atoms with E-state index in [0.29, 0.717) is 22.9 Å². The molecule has 3 heterocycles. The molecule has 0 unspecified atom stereocenters. The lowest BCUT2D eigenvalue weighted by Crippen LogP contribution is -2.32. The van der Waals surface area contributed by atoms with E-state index in [0.717, 1.165) is 16.8 Å². The van der Waals surface area contributed by atoms with Crippen molar-refractivity contribution < 1.29 is 4.74 Å². The Hall–Kier alpha value is -3.29. The van der Waals surface area contributed by atoms with E-state index in [4.69, 9.17) is 4.74 Å². The summed E-state index contributed by atoms with van der Waals surface area (Å²) in [7, 11) is 1.58. The molecule has 24 heavy (non-hydrogen) atoms. The molecule has 1 aromatic carbocycles. The fourth-order valence-corrected chi connectivity index (χ4v) is 3.24. The number of benzene rings is 1. The van der Waals surface area contributed by atoms with Crippen LogP contribution in [0.3, 0.4) is 0 Å². The second-order valence-electron chi connectivity index (χ2n) is 5.61. The summed E-state index contributed by atoms with van der Waals surface area (Å²) in [6, 6.07) is 7.49. The summed E-state index contributed by atoms with van der Waals surface area (Å²) in [4.78, 5) is 29.1. The van der Waals surface area contributed by atoms with Crippen LogP contribution in [0.5, 0.6) is 5.75 Å². The zero-order valence-corrected chi connectivity index (χ0v) is 13.1. The first-order chi connectivity index (χ1) is 11.6. The number of H-pyrrole nitrogens is 3. The normalized spacial score (nSPS) is 15.3. The predicted octanol–water partition coefficient (Wildman–Crippen LogP) is 1.34. The van der Waals surface area contributed by atoms with Gasteiger partial charge < -0.3 is 10.1 Å². The summed E-state index contributed by atoms with van der Waals surface area (Å²) in [6.45, 7) is 1.89. The number of rotatable bonds is 2. The molecule has 0 aliphatic carbocycles. The van der Waals surface area contributed by atoms with Crippen LogP contribution in [0.4, 0.5) is 11.6 Å². The molecule has 122 valence electrons. The molecule has 1 atom stereocenters. The molecule has 2 aromatic heterocycles. The largest absolute Gasteiger partial charge is 0.496 e. The second-order valence-corrected chi connectivity index (χ2v) is 5.61. The van der Waals surface area contributed by atoms with Gasteiger partial charge in [-0.05, 0) is 13.0 Å². The van der Waals surface area contributed by atoms with Crippen LogP contribution in [-0.4, -0.2) is 27.3 Å². The van der Waals surface area contributed by atoms with Crippen LogP contribution in [0.25, 0.3) is 0 Å². The Balaban J connectivity index is 2.08. The zero-order valence-electron chi connectivity index (χ0n) is 13.1. The number of para-hydroxylation sites is 1. The Labute approximate surface area is 135 Å². The quantitative estimate of drug-likeness (QED) is 0.444. The van der Waals surface area contributed by atoms with E-state index >= 15 is 0 Å². The second kappa shape index (κ2) is 5.12. The summed E-state index contributed by atoms with van der Waals surface area (Å²) in [6.07, 6.45) is 0. The number of nitrogens with zero attached hydrogens (tertiary/aromatic N) is 1. The number of hydrogen-bond donors (Lipinski definition) is 4. The van der Waals surface area contributed by atoms with Crippen molar-refractivity contribution in [3.05, 3.63) is 67.5 Å². The third kappa shape index (κ3) is 1.96. The lowest BCUT2D eigenvalue weighted by atomic mass is 9.83. The Morgan fingerprint density at radius 2 is 1.92 bits per heavy atom. The van der Waals surface area contributed by atoms with Crippen molar-refractivity contribution in [1.82, 2.24) is 20.2 Å². The van der Waals surface area contributed by atoms with Gasteiger partial charge >= 0.3 is 5.69 Å². The summed E-state index contributed by atoms with van der Waals surface area (Å²) in [5.74, 6) is 1.18. The van der Waals surface area contributed by atoms with Gasteiger partial charge in [-0.15, -0.1) is 0 Å². The standard InChI is InChI=1S/C16H15N5O3/c1-7-10-11(8-5-3-4-6-9(8)24-2)12-13(17-14(10)21-20-7)18-16(23)19-15(12)22/h3-6,11H,1-2H3,(H4,17,18,19,20,21,22,23)/t11-/m0/s1. The lowest BCUT2D eigenvalue weighted by Gasteiger charge is -2.26. The van der Waals surface area contributed by atoms with Crippen LogP contribution < -0.4 is 21.3 Å². The van der Waals surface area contributed by atoms with Gasteiger partial charge in [0, 0.05) is 16.8 Å². The number of ether oxygens (including phenoxy) is 1. The predicted molar refractivity (Wildman–Crippen MR) is 88.2 cm³/mol. The molecule has 0 bridgehead atoms. The first kappa shape index (κ1) is 14.3. The van der Waals surface area contributed by atoms with Gasteiger partial charge in [-0.1, -0.05) is 18.2 Å². The highest BCUT2D eigenvalue weighted by molar-refractivity contribution is 5.72. The maximum absolute atomic E-state index is 12.5. The fourth-order valence-electron chi connectivity index (χ4n) is 3.24. The molecule has 0 amide bonds.